The quantitative estimate of drug-likeness (QED) is 0.422. The van der Waals surface area contributed by atoms with Crippen molar-refractivity contribution in [3.8, 4) is 5.75 Å². The third kappa shape index (κ3) is 5.13. The van der Waals surface area contributed by atoms with Crippen LogP contribution in [0.1, 0.15) is 27.9 Å². The summed E-state index contributed by atoms with van der Waals surface area (Å²) in [5.74, 6) is 0.0209. The topological polar surface area (TPSA) is 67.4 Å². The molecule has 0 unspecified atom stereocenters. The number of hydrogen-bond acceptors (Lipinski definition) is 3. The van der Waals surface area contributed by atoms with Crippen LogP contribution >= 0.6 is 11.6 Å². The lowest BCUT2D eigenvalue weighted by atomic mass is 10.1. The minimum Gasteiger partial charge on any atom is -0.449 e. The van der Waals surface area contributed by atoms with Crippen LogP contribution < -0.4 is 15.4 Å². The average molecular weight is 433 g/mol. The predicted molar refractivity (Wildman–Crippen MR) is 122 cm³/mol. The summed E-state index contributed by atoms with van der Waals surface area (Å²) in [6.07, 6.45) is 3.33. The van der Waals surface area contributed by atoms with Gasteiger partial charge in [-0.25, -0.2) is 0 Å². The number of anilines is 1. The summed E-state index contributed by atoms with van der Waals surface area (Å²) in [5.41, 5.74) is 2.84. The molecule has 0 fully saturated rings. The minimum absolute atomic E-state index is 0.138. The summed E-state index contributed by atoms with van der Waals surface area (Å²) in [6.45, 7) is 0.568. The van der Waals surface area contributed by atoms with E-state index in [1.54, 1.807) is 36.4 Å². The van der Waals surface area contributed by atoms with Gasteiger partial charge in [0, 0.05) is 17.1 Å². The highest BCUT2D eigenvalue weighted by Crippen LogP contribution is 2.33. The number of halogens is 1. The molecule has 0 saturated heterocycles. The minimum atomic E-state index is -0.396. The smallest absolute Gasteiger partial charge is 0.291 e. The number of ether oxygens (including phenoxy) is 1. The van der Waals surface area contributed by atoms with Gasteiger partial charge in [-0.3, -0.25) is 9.59 Å². The molecule has 31 heavy (non-hydrogen) atoms. The molecule has 4 rings (SSSR count). The van der Waals surface area contributed by atoms with Gasteiger partial charge in [-0.05, 0) is 54.3 Å². The lowest BCUT2D eigenvalue weighted by molar-refractivity contribution is -0.115. The molecule has 2 amide bonds. The summed E-state index contributed by atoms with van der Waals surface area (Å²) in [7, 11) is 0. The fraction of sp³-hybridized carbons (Fsp3) is 0.120. The van der Waals surface area contributed by atoms with Crippen molar-refractivity contribution in [1.29, 1.82) is 0 Å². The lowest BCUT2D eigenvalue weighted by Crippen LogP contribution is -2.26. The first kappa shape index (κ1) is 20.7. The zero-order valence-electron chi connectivity index (χ0n) is 16.7. The van der Waals surface area contributed by atoms with Crippen LogP contribution in [0, 0.1) is 0 Å². The van der Waals surface area contributed by atoms with Crippen LogP contribution in [0.15, 0.2) is 78.6 Å². The van der Waals surface area contributed by atoms with E-state index in [1.165, 1.54) is 5.56 Å². The molecule has 0 aliphatic carbocycles. The zero-order valence-corrected chi connectivity index (χ0v) is 17.5. The van der Waals surface area contributed by atoms with Crippen LogP contribution in [0.25, 0.3) is 6.08 Å². The van der Waals surface area contributed by atoms with Crippen LogP contribution in [-0.4, -0.2) is 18.4 Å². The maximum absolute atomic E-state index is 12.5. The molecule has 3 aromatic rings. The summed E-state index contributed by atoms with van der Waals surface area (Å²) >= 11 is 6.16. The highest BCUT2D eigenvalue weighted by Gasteiger charge is 2.23. The van der Waals surface area contributed by atoms with Crippen molar-refractivity contribution in [3.63, 3.8) is 0 Å². The second-order valence-corrected chi connectivity index (χ2v) is 7.55. The van der Waals surface area contributed by atoms with Gasteiger partial charge >= 0.3 is 0 Å². The van der Waals surface area contributed by atoms with E-state index in [0.717, 1.165) is 12.8 Å². The van der Waals surface area contributed by atoms with Gasteiger partial charge in [0.15, 0.2) is 11.5 Å². The van der Waals surface area contributed by atoms with Crippen molar-refractivity contribution in [2.45, 2.75) is 12.8 Å². The highest BCUT2D eigenvalue weighted by molar-refractivity contribution is 6.32. The van der Waals surface area contributed by atoms with Crippen LogP contribution in [0.5, 0.6) is 5.75 Å². The second-order valence-electron chi connectivity index (χ2n) is 7.14. The van der Waals surface area contributed by atoms with Gasteiger partial charge in [0.25, 0.3) is 11.8 Å². The largest absolute Gasteiger partial charge is 0.449 e. The van der Waals surface area contributed by atoms with Gasteiger partial charge in [0.2, 0.25) is 0 Å². The normalized spacial score (nSPS) is 13.8. The van der Waals surface area contributed by atoms with Crippen LogP contribution in [0.2, 0.25) is 5.02 Å². The Morgan fingerprint density at radius 2 is 1.81 bits per heavy atom. The Hall–Kier alpha value is -3.57. The van der Waals surface area contributed by atoms with E-state index in [2.05, 4.69) is 22.8 Å². The fourth-order valence-corrected chi connectivity index (χ4v) is 3.47. The number of carbonyl (C=O) groups excluding carboxylic acids is 2. The molecular weight excluding hydrogens is 412 g/mol. The summed E-state index contributed by atoms with van der Waals surface area (Å²) in [5, 5.41) is 6.22. The Morgan fingerprint density at radius 1 is 1.03 bits per heavy atom. The molecule has 0 radical (unpaired) electrons. The molecule has 1 heterocycles. The zero-order chi connectivity index (χ0) is 21.6. The monoisotopic (exact) mass is 432 g/mol. The first-order valence-electron chi connectivity index (χ1n) is 10.0. The van der Waals surface area contributed by atoms with Gasteiger partial charge in [-0.1, -0.05) is 60.1 Å². The van der Waals surface area contributed by atoms with Gasteiger partial charge in [0.05, 0.1) is 5.69 Å². The Morgan fingerprint density at radius 3 is 2.61 bits per heavy atom. The first-order valence-corrected chi connectivity index (χ1v) is 10.4. The number of amides is 2. The number of carbonyl (C=O) groups is 2. The maximum Gasteiger partial charge on any atom is 0.291 e. The fourth-order valence-electron chi connectivity index (χ4n) is 3.28. The molecular formula is C25H21ClN2O3. The molecule has 3 aromatic carbocycles. The standard InChI is InChI=1S/C25H21ClN2O3/c26-20-11-5-4-10-18(20)16-23-25(30)28-21-15-19(12-13-22(21)31-23)24(29)27-14-6-9-17-7-2-1-3-8-17/h1-5,7-8,10-13,15-16H,6,9,14H2,(H,27,29)(H,28,30). The number of nitrogens with one attached hydrogen (secondary N) is 2. The van der Waals surface area contributed by atoms with Crippen molar-refractivity contribution >= 4 is 35.2 Å². The van der Waals surface area contributed by atoms with Gasteiger partial charge in [-0.15, -0.1) is 0 Å². The molecule has 0 atom stereocenters. The Balaban J connectivity index is 1.39. The summed E-state index contributed by atoms with van der Waals surface area (Å²) < 4.78 is 5.74. The van der Waals surface area contributed by atoms with Gasteiger partial charge in [0.1, 0.15) is 0 Å². The van der Waals surface area contributed by atoms with E-state index in [4.69, 9.17) is 16.3 Å². The predicted octanol–water partition coefficient (Wildman–Crippen LogP) is 5.07. The van der Waals surface area contributed by atoms with Crippen molar-refractivity contribution in [1.82, 2.24) is 5.32 Å². The molecule has 1 aliphatic rings. The molecule has 0 saturated carbocycles. The lowest BCUT2D eigenvalue weighted by Gasteiger charge is -2.20. The van der Waals surface area contributed by atoms with E-state index in [-0.39, 0.29) is 11.7 Å². The Labute approximate surface area is 185 Å². The number of fused-ring (bicyclic) bond motifs is 1. The van der Waals surface area contributed by atoms with Crippen molar-refractivity contribution in [2.24, 2.45) is 0 Å². The number of aryl methyl sites for hydroxylation is 1. The van der Waals surface area contributed by atoms with E-state index in [0.29, 0.717) is 34.1 Å². The molecule has 0 aromatic heterocycles. The highest BCUT2D eigenvalue weighted by atomic mass is 35.5. The van der Waals surface area contributed by atoms with Gasteiger partial charge in [-0.2, -0.15) is 0 Å². The molecule has 156 valence electrons. The third-order valence-electron chi connectivity index (χ3n) is 4.90. The molecule has 6 heteroatoms. The summed E-state index contributed by atoms with van der Waals surface area (Å²) in [4.78, 5) is 24.9. The van der Waals surface area contributed by atoms with Crippen molar-refractivity contribution in [2.75, 3.05) is 11.9 Å². The summed E-state index contributed by atoms with van der Waals surface area (Å²) in [6, 6.07) is 22.3. The van der Waals surface area contributed by atoms with E-state index in [9.17, 15) is 9.59 Å². The Bertz CT molecular complexity index is 1140. The first-order chi connectivity index (χ1) is 15.1. The van der Waals surface area contributed by atoms with Crippen LogP contribution in [0.3, 0.4) is 0 Å². The Kier molecular flexibility index (Phi) is 6.34. The van der Waals surface area contributed by atoms with E-state index >= 15 is 0 Å². The molecule has 1 aliphatic heterocycles. The number of hydrogen-bond donors (Lipinski definition) is 2. The van der Waals surface area contributed by atoms with Crippen molar-refractivity contribution < 1.29 is 14.3 Å². The SMILES string of the molecule is O=C1Nc2cc(C(=O)NCCCc3ccccc3)ccc2OC1=Cc1ccccc1Cl. The van der Waals surface area contributed by atoms with Crippen LogP contribution in [0.4, 0.5) is 5.69 Å². The van der Waals surface area contributed by atoms with Crippen LogP contribution in [-0.2, 0) is 11.2 Å². The third-order valence-corrected chi connectivity index (χ3v) is 5.24. The average Bonchev–Trinajstić information content (AvgIpc) is 2.79. The van der Waals surface area contributed by atoms with Crippen molar-refractivity contribution in [3.05, 3.63) is 100 Å². The number of rotatable bonds is 6. The number of benzene rings is 3. The van der Waals surface area contributed by atoms with Gasteiger partial charge < -0.3 is 15.4 Å². The molecule has 0 spiro atoms. The second kappa shape index (κ2) is 9.49. The molecule has 5 nitrogen and oxygen atoms in total. The molecule has 2 N–H and O–H groups in total. The molecule has 0 bridgehead atoms. The maximum atomic E-state index is 12.5. The van der Waals surface area contributed by atoms with E-state index in [1.807, 2.05) is 30.3 Å². The van der Waals surface area contributed by atoms with E-state index < -0.39 is 5.91 Å².